The fraction of sp³-hybridized carbons (Fsp3) is 0.500. The molecule has 2 amide bonds. The van der Waals surface area contributed by atoms with Crippen molar-refractivity contribution >= 4 is 34.5 Å². The molecule has 1 saturated heterocycles. The quantitative estimate of drug-likeness (QED) is 0.831. The summed E-state index contributed by atoms with van der Waals surface area (Å²) < 4.78 is 5.04. The molecule has 1 aliphatic rings. The van der Waals surface area contributed by atoms with Gasteiger partial charge in [0.15, 0.2) is 0 Å². The number of hydrogen-bond donors (Lipinski definition) is 2. The van der Waals surface area contributed by atoms with Gasteiger partial charge in [-0.3, -0.25) is 4.79 Å². The van der Waals surface area contributed by atoms with Crippen LogP contribution in [0.1, 0.15) is 39.2 Å². The molecule has 2 N–H and O–H groups in total. The minimum absolute atomic E-state index is 0.0204. The molecule has 0 atom stereocenters. The molecule has 27 heavy (non-hydrogen) atoms. The van der Waals surface area contributed by atoms with Crippen LogP contribution in [0.4, 0.5) is 4.79 Å². The van der Waals surface area contributed by atoms with E-state index in [9.17, 15) is 9.59 Å². The molecule has 2 aromatic rings. The van der Waals surface area contributed by atoms with Gasteiger partial charge in [0.25, 0.3) is 0 Å². The Hall–Kier alpha value is -2.21. The van der Waals surface area contributed by atoms with Gasteiger partial charge in [-0.15, -0.1) is 0 Å². The SMILES string of the molecule is CCOC(=O)N1CCC(NC(=O)C(C)(C)c2c[nH]c3cc(Cl)ccc23)CC1. The number of nitrogens with one attached hydrogen (secondary N) is 2. The predicted octanol–water partition coefficient (Wildman–Crippen LogP) is 3.84. The highest BCUT2D eigenvalue weighted by atomic mass is 35.5. The number of aromatic amines is 1. The number of fused-ring (bicyclic) bond motifs is 1. The van der Waals surface area contributed by atoms with Crippen molar-refractivity contribution in [3.63, 3.8) is 0 Å². The summed E-state index contributed by atoms with van der Waals surface area (Å²) in [5.74, 6) is -0.0204. The second-order valence-electron chi connectivity index (χ2n) is 7.45. The Morgan fingerprint density at radius 2 is 2.04 bits per heavy atom. The highest BCUT2D eigenvalue weighted by Gasteiger charge is 2.34. The lowest BCUT2D eigenvalue weighted by Crippen LogP contribution is -2.50. The summed E-state index contributed by atoms with van der Waals surface area (Å²) >= 11 is 6.05. The molecule has 7 heteroatoms. The monoisotopic (exact) mass is 391 g/mol. The summed E-state index contributed by atoms with van der Waals surface area (Å²) in [7, 11) is 0. The summed E-state index contributed by atoms with van der Waals surface area (Å²) in [5.41, 5.74) is 1.17. The van der Waals surface area contributed by atoms with E-state index >= 15 is 0 Å². The van der Waals surface area contributed by atoms with Gasteiger partial charge in [-0.2, -0.15) is 0 Å². The Morgan fingerprint density at radius 1 is 1.33 bits per heavy atom. The molecule has 2 heterocycles. The zero-order valence-corrected chi connectivity index (χ0v) is 16.7. The van der Waals surface area contributed by atoms with Crippen LogP contribution >= 0.6 is 11.6 Å². The Labute approximate surface area is 164 Å². The van der Waals surface area contributed by atoms with E-state index in [0.29, 0.717) is 24.7 Å². The van der Waals surface area contributed by atoms with Crippen LogP contribution in [0.3, 0.4) is 0 Å². The second kappa shape index (κ2) is 7.80. The number of halogens is 1. The summed E-state index contributed by atoms with van der Waals surface area (Å²) in [5, 5.41) is 4.81. The second-order valence-corrected chi connectivity index (χ2v) is 7.89. The molecule has 3 rings (SSSR count). The van der Waals surface area contributed by atoms with Crippen LogP contribution in [0.2, 0.25) is 5.02 Å². The Balaban J connectivity index is 1.66. The van der Waals surface area contributed by atoms with Gasteiger partial charge in [0.1, 0.15) is 0 Å². The third-order valence-electron chi connectivity index (χ3n) is 5.24. The average Bonchev–Trinajstić information content (AvgIpc) is 3.06. The number of amides is 2. The number of H-pyrrole nitrogens is 1. The number of benzene rings is 1. The molecule has 0 bridgehead atoms. The normalized spacial score (nSPS) is 15.8. The van der Waals surface area contributed by atoms with Crippen molar-refractivity contribution in [2.45, 2.75) is 45.1 Å². The van der Waals surface area contributed by atoms with Gasteiger partial charge >= 0.3 is 6.09 Å². The Kier molecular flexibility index (Phi) is 5.65. The first kappa shape index (κ1) is 19.5. The van der Waals surface area contributed by atoms with Gasteiger partial charge in [0, 0.05) is 41.3 Å². The maximum atomic E-state index is 13.0. The predicted molar refractivity (Wildman–Crippen MR) is 106 cm³/mol. The van der Waals surface area contributed by atoms with Gasteiger partial charge in [0.2, 0.25) is 5.91 Å². The zero-order valence-electron chi connectivity index (χ0n) is 16.0. The molecule has 0 unspecified atom stereocenters. The van der Waals surface area contributed by atoms with E-state index in [4.69, 9.17) is 16.3 Å². The van der Waals surface area contributed by atoms with Crippen molar-refractivity contribution in [3.8, 4) is 0 Å². The number of nitrogens with zero attached hydrogens (tertiary/aromatic N) is 1. The van der Waals surface area contributed by atoms with E-state index in [2.05, 4.69) is 10.3 Å². The number of aromatic nitrogens is 1. The molecule has 1 aromatic heterocycles. The molecule has 0 saturated carbocycles. The summed E-state index contributed by atoms with van der Waals surface area (Å²) in [6, 6.07) is 5.69. The largest absolute Gasteiger partial charge is 0.450 e. The maximum absolute atomic E-state index is 13.0. The van der Waals surface area contributed by atoms with Gasteiger partial charge in [-0.05, 0) is 51.3 Å². The van der Waals surface area contributed by atoms with Crippen molar-refractivity contribution in [2.24, 2.45) is 0 Å². The van der Waals surface area contributed by atoms with Gasteiger partial charge in [-0.25, -0.2) is 4.79 Å². The van der Waals surface area contributed by atoms with Gasteiger partial charge in [0.05, 0.1) is 12.0 Å². The Morgan fingerprint density at radius 3 is 2.70 bits per heavy atom. The molecule has 1 aliphatic heterocycles. The van der Waals surface area contributed by atoms with Crippen LogP contribution < -0.4 is 5.32 Å². The molecular formula is C20H26ClN3O3. The smallest absolute Gasteiger partial charge is 0.409 e. The minimum Gasteiger partial charge on any atom is -0.450 e. The third-order valence-corrected chi connectivity index (χ3v) is 5.48. The van der Waals surface area contributed by atoms with Crippen LogP contribution in [0, 0.1) is 0 Å². The first-order valence-corrected chi connectivity index (χ1v) is 9.70. The average molecular weight is 392 g/mol. The lowest BCUT2D eigenvalue weighted by atomic mass is 9.83. The van der Waals surface area contributed by atoms with Crippen molar-refractivity contribution in [2.75, 3.05) is 19.7 Å². The minimum atomic E-state index is -0.690. The summed E-state index contributed by atoms with van der Waals surface area (Å²) in [4.78, 5) is 29.7. The fourth-order valence-corrected chi connectivity index (χ4v) is 3.70. The highest BCUT2D eigenvalue weighted by Crippen LogP contribution is 2.32. The molecule has 6 nitrogen and oxygen atoms in total. The van der Waals surface area contributed by atoms with Crippen LogP contribution in [0.15, 0.2) is 24.4 Å². The van der Waals surface area contributed by atoms with Crippen LogP contribution in [-0.2, 0) is 14.9 Å². The maximum Gasteiger partial charge on any atom is 0.409 e. The van der Waals surface area contributed by atoms with Crippen molar-refractivity contribution in [3.05, 3.63) is 35.0 Å². The molecule has 1 aromatic carbocycles. The fourth-order valence-electron chi connectivity index (χ4n) is 3.52. The first-order chi connectivity index (χ1) is 12.8. The molecular weight excluding hydrogens is 366 g/mol. The molecule has 0 aliphatic carbocycles. The number of likely N-dealkylation sites (tertiary alicyclic amines) is 1. The summed E-state index contributed by atoms with van der Waals surface area (Å²) in [6.07, 6.45) is 3.05. The molecule has 1 fully saturated rings. The number of hydrogen-bond acceptors (Lipinski definition) is 3. The first-order valence-electron chi connectivity index (χ1n) is 9.32. The number of ether oxygens (including phenoxy) is 1. The van der Waals surface area contributed by atoms with E-state index < -0.39 is 5.41 Å². The van der Waals surface area contributed by atoms with E-state index in [1.165, 1.54) is 0 Å². The van der Waals surface area contributed by atoms with Crippen molar-refractivity contribution < 1.29 is 14.3 Å². The standard InChI is InChI=1S/C20H26ClN3O3/c1-4-27-19(26)24-9-7-14(8-10-24)23-18(25)20(2,3)16-12-22-17-11-13(21)5-6-15(16)17/h5-6,11-12,14,22H,4,7-10H2,1-3H3,(H,23,25). The third kappa shape index (κ3) is 4.05. The molecule has 146 valence electrons. The van der Waals surface area contributed by atoms with Crippen LogP contribution in [0.25, 0.3) is 10.9 Å². The summed E-state index contributed by atoms with van der Waals surface area (Å²) in [6.45, 7) is 7.21. The van der Waals surface area contributed by atoms with Crippen LogP contribution in [-0.4, -0.2) is 47.6 Å². The molecule has 0 radical (unpaired) electrons. The lowest BCUT2D eigenvalue weighted by Gasteiger charge is -2.33. The van der Waals surface area contributed by atoms with Gasteiger partial charge < -0.3 is 19.9 Å². The number of rotatable bonds is 4. The van der Waals surface area contributed by atoms with Gasteiger partial charge in [-0.1, -0.05) is 17.7 Å². The van der Waals surface area contributed by atoms with E-state index in [0.717, 1.165) is 29.3 Å². The number of piperidine rings is 1. The molecule has 0 spiro atoms. The topological polar surface area (TPSA) is 74.4 Å². The van der Waals surface area contributed by atoms with E-state index in [1.807, 2.05) is 38.2 Å². The van der Waals surface area contributed by atoms with Crippen LogP contribution in [0.5, 0.6) is 0 Å². The lowest BCUT2D eigenvalue weighted by molar-refractivity contribution is -0.126. The Bertz CT molecular complexity index is 838. The highest BCUT2D eigenvalue weighted by molar-refractivity contribution is 6.31. The number of carbonyl (C=O) groups is 2. The number of carbonyl (C=O) groups excluding carboxylic acids is 2. The van der Waals surface area contributed by atoms with Crippen molar-refractivity contribution in [1.82, 2.24) is 15.2 Å². The van der Waals surface area contributed by atoms with Crippen molar-refractivity contribution in [1.29, 1.82) is 0 Å². The van der Waals surface area contributed by atoms with E-state index in [-0.39, 0.29) is 18.0 Å². The van der Waals surface area contributed by atoms with E-state index in [1.54, 1.807) is 11.8 Å². The zero-order chi connectivity index (χ0) is 19.6.